The SMILES string of the molecule is CCc1ccc(-n2c(C(C)C)nc3c(C)c(Br)c(C)nc32)cc1. The van der Waals surface area contributed by atoms with E-state index in [2.05, 4.69) is 72.5 Å². The van der Waals surface area contributed by atoms with Crippen molar-refractivity contribution >= 4 is 27.1 Å². The normalized spacial score (nSPS) is 11.6. The zero-order chi connectivity index (χ0) is 16.7. The number of aromatic nitrogens is 3. The van der Waals surface area contributed by atoms with Crippen LogP contribution in [0.3, 0.4) is 0 Å². The van der Waals surface area contributed by atoms with Crippen LogP contribution in [-0.2, 0) is 6.42 Å². The molecule has 0 aliphatic heterocycles. The molecule has 3 aromatic rings. The summed E-state index contributed by atoms with van der Waals surface area (Å²) in [6.07, 6.45) is 1.05. The molecule has 0 fully saturated rings. The Kier molecular flexibility index (Phi) is 4.28. The van der Waals surface area contributed by atoms with Crippen molar-refractivity contribution in [3.8, 4) is 5.69 Å². The third-order valence-corrected chi connectivity index (χ3v) is 5.44. The Bertz CT molecular complexity index is 861. The van der Waals surface area contributed by atoms with Gasteiger partial charge in [0.05, 0.1) is 5.69 Å². The second kappa shape index (κ2) is 6.08. The summed E-state index contributed by atoms with van der Waals surface area (Å²) < 4.78 is 3.25. The number of fused-ring (bicyclic) bond motifs is 1. The first-order valence-corrected chi connectivity index (χ1v) is 8.87. The molecule has 0 radical (unpaired) electrons. The van der Waals surface area contributed by atoms with Crippen molar-refractivity contribution < 1.29 is 0 Å². The monoisotopic (exact) mass is 371 g/mol. The molecule has 0 saturated carbocycles. The van der Waals surface area contributed by atoms with Gasteiger partial charge in [0, 0.05) is 16.1 Å². The summed E-state index contributed by atoms with van der Waals surface area (Å²) in [5, 5.41) is 0. The highest BCUT2D eigenvalue weighted by molar-refractivity contribution is 9.10. The molecule has 3 rings (SSSR count). The van der Waals surface area contributed by atoms with Gasteiger partial charge < -0.3 is 0 Å². The van der Waals surface area contributed by atoms with Gasteiger partial charge in [0.1, 0.15) is 11.3 Å². The summed E-state index contributed by atoms with van der Waals surface area (Å²) in [6, 6.07) is 8.70. The second-order valence-corrected chi connectivity index (χ2v) is 7.08. The van der Waals surface area contributed by atoms with Gasteiger partial charge in [0.2, 0.25) is 0 Å². The first-order chi connectivity index (χ1) is 10.9. The molecule has 2 aromatic heterocycles. The van der Waals surface area contributed by atoms with Gasteiger partial charge in [-0.05, 0) is 59.5 Å². The molecular weight excluding hydrogens is 350 g/mol. The van der Waals surface area contributed by atoms with E-state index in [1.165, 1.54) is 5.56 Å². The van der Waals surface area contributed by atoms with Crippen LogP contribution in [0.5, 0.6) is 0 Å². The Morgan fingerprint density at radius 1 is 1.09 bits per heavy atom. The van der Waals surface area contributed by atoms with Crippen LogP contribution in [0, 0.1) is 13.8 Å². The van der Waals surface area contributed by atoms with Gasteiger partial charge in [-0.25, -0.2) is 9.97 Å². The molecular formula is C19H22BrN3. The number of benzene rings is 1. The lowest BCUT2D eigenvalue weighted by atomic mass is 10.1. The third kappa shape index (κ3) is 2.69. The largest absolute Gasteiger partial charge is 0.280 e. The molecule has 23 heavy (non-hydrogen) atoms. The lowest BCUT2D eigenvalue weighted by Gasteiger charge is -2.12. The summed E-state index contributed by atoms with van der Waals surface area (Å²) >= 11 is 3.63. The summed E-state index contributed by atoms with van der Waals surface area (Å²) in [6.45, 7) is 10.7. The minimum atomic E-state index is 0.327. The van der Waals surface area contributed by atoms with Crippen molar-refractivity contribution in [3.63, 3.8) is 0 Å². The molecule has 0 aliphatic rings. The van der Waals surface area contributed by atoms with Crippen LogP contribution in [0.25, 0.3) is 16.9 Å². The molecule has 2 heterocycles. The zero-order valence-electron chi connectivity index (χ0n) is 14.3. The number of pyridine rings is 1. The fourth-order valence-corrected chi connectivity index (χ4v) is 3.17. The van der Waals surface area contributed by atoms with E-state index in [0.717, 1.165) is 44.8 Å². The molecule has 0 N–H and O–H groups in total. The Morgan fingerprint density at radius 2 is 1.74 bits per heavy atom. The smallest absolute Gasteiger partial charge is 0.165 e. The van der Waals surface area contributed by atoms with Gasteiger partial charge in [0.25, 0.3) is 0 Å². The van der Waals surface area contributed by atoms with Crippen molar-refractivity contribution in [3.05, 3.63) is 51.4 Å². The zero-order valence-corrected chi connectivity index (χ0v) is 15.9. The lowest BCUT2D eigenvalue weighted by molar-refractivity contribution is 0.757. The van der Waals surface area contributed by atoms with Crippen LogP contribution in [-0.4, -0.2) is 14.5 Å². The minimum absolute atomic E-state index is 0.327. The average Bonchev–Trinajstić information content (AvgIpc) is 2.92. The van der Waals surface area contributed by atoms with Gasteiger partial charge in [-0.1, -0.05) is 32.9 Å². The van der Waals surface area contributed by atoms with Crippen LogP contribution in [0.4, 0.5) is 0 Å². The molecule has 0 unspecified atom stereocenters. The maximum Gasteiger partial charge on any atom is 0.165 e. The number of nitrogens with zero attached hydrogens (tertiary/aromatic N) is 3. The highest BCUT2D eigenvalue weighted by atomic mass is 79.9. The van der Waals surface area contributed by atoms with Gasteiger partial charge in [-0.3, -0.25) is 4.57 Å². The Morgan fingerprint density at radius 3 is 2.30 bits per heavy atom. The minimum Gasteiger partial charge on any atom is -0.280 e. The summed E-state index contributed by atoms with van der Waals surface area (Å²) in [4.78, 5) is 9.71. The predicted molar refractivity (Wildman–Crippen MR) is 99.5 cm³/mol. The van der Waals surface area contributed by atoms with Crippen molar-refractivity contribution in [2.24, 2.45) is 0 Å². The second-order valence-electron chi connectivity index (χ2n) is 6.29. The number of aryl methyl sites for hydroxylation is 3. The Balaban J connectivity index is 2.34. The van der Waals surface area contributed by atoms with Crippen molar-refractivity contribution in [1.29, 1.82) is 0 Å². The molecule has 0 saturated heterocycles. The lowest BCUT2D eigenvalue weighted by Crippen LogP contribution is -2.04. The third-order valence-electron chi connectivity index (χ3n) is 4.27. The van der Waals surface area contributed by atoms with Crippen molar-refractivity contribution in [1.82, 2.24) is 14.5 Å². The molecule has 0 aliphatic carbocycles. The van der Waals surface area contributed by atoms with E-state index in [1.54, 1.807) is 0 Å². The van der Waals surface area contributed by atoms with E-state index >= 15 is 0 Å². The maximum atomic E-state index is 4.90. The van der Waals surface area contributed by atoms with Crippen LogP contribution in [0.1, 0.15) is 49.3 Å². The van der Waals surface area contributed by atoms with Crippen molar-refractivity contribution in [2.45, 2.75) is 47.0 Å². The molecule has 0 atom stereocenters. The number of hydrogen-bond donors (Lipinski definition) is 0. The van der Waals surface area contributed by atoms with E-state index in [1.807, 2.05) is 6.92 Å². The molecule has 0 bridgehead atoms. The number of halogens is 1. The molecule has 0 amide bonds. The highest BCUT2D eigenvalue weighted by Crippen LogP contribution is 2.31. The fourth-order valence-electron chi connectivity index (χ4n) is 2.89. The Labute approximate surface area is 145 Å². The van der Waals surface area contributed by atoms with Crippen LogP contribution in [0.2, 0.25) is 0 Å². The fraction of sp³-hybridized carbons (Fsp3) is 0.368. The van der Waals surface area contributed by atoms with Crippen LogP contribution < -0.4 is 0 Å². The Hall–Kier alpha value is -1.68. The first-order valence-electron chi connectivity index (χ1n) is 8.08. The maximum absolute atomic E-state index is 4.90. The van der Waals surface area contributed by atoms with E-state index < -0.39 is 0 Å². The number of rotatable bonds is 3. The molecule has 3 nitrogen and oxygen atoms in total. The quantitative estimate of drug-likeness (QED) is 0.609. The van der Waals surface area contributed by atoms with Gasteiger partial charge in [-0.15, -0.1) is 0 Å². The highest BCUT2D eigenvalue weighted by Gasteiger charge is 2.19. The average molecular weight is 372 g/mol. The van der Waals surface area contributed by atoms with Gasteiger partial charge >= 0.3 is 0 Å². The van der Waals surface area contributed by atoms with Crippen LogP contribution >= 0.6 is 15.9 Å². The number of hydrogen-bond acceptors (Lipinski definition) is 2. The van der Waals surface area contributed by atoms with E-state index in [-0.39, 0.29) is 0 Å². The van der Waals surface area contributed by atoms with Crippen LogP contribution in [0.15, 0.2) is 28.7 Å². The van der Waals surface area contributed by atoms with E-state index in [9.17, 15) is 0 Å². The molecule has 1 aromatic carbocycles. The van der Waals surface area contributed by atoms with Gasteiger partial charge in [0.15, 0.2) is 5.65 Å². The predicted octanol–water partition coefficient (Wildman–Crippen LogP) is 5.49. The molecule has 4 heteroatoms. The van der Waals surface area contributed by atoms with Gasteiger partial charge in [-0.2, -0.15) is 0 Å². The summed E-state index contributed by atoms with van der Waals surface area (Å²) in [5.41, 5.74) is 6.53. The molecule has 120 valence electrons. The summed E-state index contributed by atoms with van der Waals surface area (Å²) in [7, 11) is 0. The first kappa shape index (κ1) is 16.2. The van der Waals surface area contributed by atoms with E-state index in [0.29, 0.717) is 5.92 Å². The van der Waals surface area contributed by atoms with Crippen molar-refractivity contribution in [2.75, 3.05) is 0 Å². The standard InChI is InChI=1S/C19H22BrN3/c1-6-14-7-9-15(10-8-14)23-18(11(2)3)22-17-12(4)16(20)13(5)21-19(17)23/h7-11H,6H2,1-5H3. The topological polar surface area (TPSA) is 30.7 Å². The van der Waals surface area contributed by atoms with E-state index in [4.69, 9.17) is 9.97 Å². The summed E-state index contributed by atoms with van der Waals surface area (Å²) in [5.74, 6) is 1.38. The molecule has 0 spiro atoms. The number of imidazole rings is 1.